The molecule has 1 saturated heterocycles. The third-order valence-electron chi connectivity index (χ3n) is 3.42. The van der Waals surface area contributed by atoms with Crippen LogP contribution in [-0.2, 0) is 0 Å². The van der Waals surface area contributed by atoms with Crippen molar-refractivity contribution in [1.29, 1.82) is 0 Å². The average molecular weight is 249 g/mol. The van der Waals surface area contributed by atoms with Crippen LogP contribution < -0.4 is 16.4 Å². The van der Waals surface area contributed by atoms with Crippen LogP contribution in [0.15, 0.2) is 12.4 Å². The summed E-state index contributed by atoms with van der Waals surface area (Å²) < 4.78 is 0. The van der Waals surface area contributed by atoms with Crippen molar-refractivity contribution in [2.75, 3.05) is 25.0 Å². The van der Waals surface area contributed by atoms with Gasteiger partial charge in [0, 0.05) is 18.9 Å². The first-order valence-electron chi connectivity index (χ1n) is 6.16. The number of amides is 1. The maximum absolute atomic E-state index is 11.2. The molecule has 0 aromatic carbocycles. The first-order chi connectivity index (χ1) is 8.61. The summed E-state index contributed by atoms with van der Waals surface area (Å²) in [5.41, 5.74) is 5.69. The minimum atomic E-state index is -0.555. The molecule has 18 heavy (non-hydrogen) atoms. The number of nitrogens with one attached hydrogen (secondary N) is 2. The van der Waals surface area contributed by atoms with Gasteiger partial charge < -0.3 is 16.4 Å². The summed E-state index contributed by atoms with van der Waals surface area (Å²) in [6.45, 7) is 5.07. The lowest BCUT2D eigenvalue weighted by atomic mass is 9.81. The molecule has 0 bridgehead atoms. The quantitative estimate of drug-likeness (QED) is 0.717. The van der Waals surface area contributed by atoms with E-state index in [1.54, 1.807) is 6.20 Å². The highest BCUT2D eigenvalue weighted by Crippen LogP contribution is 2.28. The number of aromatic nitrogens is 2. The third kappa shape index (κ3) is 2.95. The molecule has 98 valence electrons. The number of rotatable bonds is 4. The lowest BCUT2D eigenvalue weighted by molar-refractivity contribution is 0.0996. The van der Waals surface area contributed by atoms with E-state index < -0.39 is 5.91 Å². The van der Waals surface area contributed by atoms with Gasteiger partial charge in [-0.25, -0.2) is 9.97 Å². The van der Waals surface area contributed by atoms with Crippen LogP contribution in [0, 0.1) is 5.41 Å². The van der Waals surface area contributed by atoms with Gasteiger partial charge in [0.1, 0.15) is 0 Å². The zero-order chi connectivity index (χ0) is 13.0. The largest absolute Gasteiger partial charge is 0.368 e. The number of nitrogens with two attached hydrogens (primary N) is 1. The molecule has 4 N–H and O–H groups in total. The Morgan fingerprint density at radius 3 is 2.78 bits per heavy atom. The van der Waals surface area contributed by atoms with Crippen molar-refractivity contribution in [2.45, 2.75) is 19.8 Å². The summed E-state index contributed by atoms with van der Waals surface area (Å²) >= 11 is 0. The number of carbonyl (C=O) groups is 1. The summed E-state index contributed by atoms with van der Waals surface area (Å²) in [4.78, 5) is 19.3. The van der Waals surface area contributed by atoms with Gasteiger partial charge in [-0.1, -0.05) is 6.92 Å². The van der Waals surface area contributed by atoms with Crippen molar-refractivity contribution in [3.63, 3.8) is 0 Å². The smallest absolute Gasteiger partial charge is 0.271 e. The molecule has 1 aromatic heterocycles. The van der Waals surface area contributed by atoms with Crippen LogP contribution in [-0.4, -0.2) is 35.5 Å². The van der Waals surface area contributed by atoms with Crippen molar-refractivity contribution >= 4 is 11.7 Å². The van der Waals surface area contributed by atoms with Gasteiger partial charge in [0.25, 0.3) is 5.91 Å². The fourth-order valence-corrected chi connectivity index (χ4v) is 2.15. The molecule has 6 nitrogen and oxygen atoms in total. The molecular weight excluding hydrogens is 230 g/mol. The number of nitrogens with zero attached hydrogens (tertiary/aromatic N) is 2. The summed E-state index contributed by atoms with van der Waals surface area (Å²) in [5, 5.41) is 6.54. The highest BCUT2D eigenvalue weighted by molar-refractivity contribution is 5.95. The van der Waals surface area contributed by atoms with E-state index in [1.165, 1.54) is 6.20 Å². The first-order valence-corrected chi connectivity index (χ1v) is 6.16. The molecule has 0 saturated carbocycles. The molecule has 1 amide bonds. The van der Waals surface area contributed by atoms with E-state index in [9.17, 15) is 4.79 Å². The summed E-state index contributed by atoms with van der Waals surface area (Å²) in [6.07, 6.45) is 5.23. The zero-order valence-corrected chi connectivity index (χ0v) is 10.6. The fourth-order valence-electron chi connectivity index (χ4n) is 2.15. The average Bonchev–Trinajstić information content (AvgIpc) is 2.38. The molecule has 1 aliphatic heterocycles. The van der Waals surface area contributed by atoms with Gasteiger partial charge in [0.2, 0.25) is 0 Å². The predicted molar refractivity (Wildman–Crippen MR) is 69.3 cm³/mol. The molecule has 1 fully saturated rings. The van der Waals surface area contributed by atoms with Gasteiger partial charge in [0.05, 0.1) is 0 Å². The van der Waals surface area contributed by atoms with Crippen LogP contribution in [0.1, 0.15) is 30.3 Å². The lowest BCUT2D eigenvalue weighted by Crippen LogP contribution is -2.39. The maximum atomic E-state index is 11.2. The van der Waals surface area contributed by atoms with Crippen LogP contribution in [0.4, 0.5) is 5.82 Å². The predicted octanol–water partition coefficient (Wildman–Crippen LogP) is 0.377. The number of hydrogen-bond donors (Lipinski definition) is 3. The highest BCUT2D eigenvalue weighted by atomic mass is 16.1. The maximum Gasteiger partial charge on any atom is 0.271 e. The molecule has 0 atom stereocenters. The SMILES string of the molecule is CC1(CNc2nccnc2C(N)=O)CCNCC1. The van der Waals surface area contributed by atoms with Crippen LogP contribution in [0.5, 0.6) is 0 Å². The summed E-state index contributed by atoms with van der Waals surface area (Å²) in [5.74, 6) is -0.0779. The minimum absolute atomic E-state index is 0.204. The Hall–Kier alpha value is -1.69. The molecule has 0 radical (unpaired) electrons. The van der Waals surface area contributed by atoms with Gasteiger partial charge in [-0.15, -0.1) is 0 Å². The van der Waals surface area contributed by atoms with E-state index in [0.717, 1.165) is 32.5 Å². The highest BCUT2D eigenvalue weighted by Gasteiger charge is 2.27. The number of primary amides is 1. The Morgan fingerprint density at radius 2 is 2.11 bits per heavy atom. The van der Waals surface area contributed by atoms with Gasteiger partial charge in [0.15, 0.2) is 11.5 Å². The van der Waals surface area contributed by atoms with Crippen LogP contribution in [0.25, 0.3) is 0 Å². The summed E-state index contributed by atoms with van der Waals surface area (Å²) in [6, 6.07) is 0. The molecule has 2 heterocycles. The number of anilines is 1. The molecule has 1 aromatic rings. The second kappa shape index (κ2) is 5.30. The summed E-state index contributed by atoms with van der Waals surface area (Å²) in [7, 11) is 0. The van der Waals surface area contributed by atoms with Gasteiger partial charge >= 0.3 is 0 Å². The number of piperidine rings is 1. The topological polar surface area (TPSA) is 92.9 Å². The van der Waals surface area contributed by atoms with Gasteiger partial charge in [-0.05, 0) is 31.3 Å². The van der Waals surface area contributed by atoms with Crippen molar-refractivity contribution in [3.05, 3.63) is 18.1 Å². The van der Waals surface area contributed by atoms with E-state index in [-0.39, 0.29) is 11.1 Å². The fraction of sp³-hybridized carbons (Fsp3) is 0.583. The second-order valence-electron chi connectivity index (χ2n) is 5.03. The zero-order valence-electron chi connectivity index (χ0n) is 10.6. The number of carbonyl (C=O) groups excluding carboxylic acids is 1. The standard InChI is InChI=1S/C12H19N5O/c1-12(2-4-14-5-3-12)8-17-11-9(10(13)18)15-6-7-16-11/h6-7,14H,2-5,8H2,1H3,(H2,13,18)(H,16,17). The van der Waals surface area contributed by atoms with Crippen LogP contribution >= 0.6 is 0 Å². The Morgan fingerprint density at radius 1 is 1.44 bits per heavy atom. The Kier molecular flexibility index (Phi) is 3.76. The normalized spacial score (nSPS) is 18.3. The van der Waals surface area contributed by atoms with E-state index >= 15 is 0 Å². The monoisotopic (exact) mass is 249 g/mol. The van der Waals surface area contributed by atoms with E-state index in [0.29, 0.717) is 5.82 Å². The van der Waals surface area contributed by atoms with Gasteiger partial charge in [-0.3, -0.25) is 4.79 Å². The molecule has 2 rings (SSSR count). The van der Waals surface area contributed by atoms with E-state index in [1.807, 2.05) is 0 Å². The molecule has 0 unspecified atom stereocenters. The van der Waals surface area contributed by atoms with Crippen molar-refractivity contribution in [1.82, 2.24) is 15.3 Å². The van der Waals surface area contributed by atoms with Crippen LogP contribution in [0.3, 0.4) is 0 Å². The molecule has 6 heteroatoms. The van der Waals surface area contributed by atoms with Crippen molar-refractivity contribution < 1.29 is 4.79 Å². The Bertz CT molecular complexity index is 428. The Balaban J connectivity index is 2.03. The van der Waals surface area contributed by atoms with Crippen molar-refractivity contribution in [3.8, 4) is 0 Å². The molecule has 1 aliphatic rings. The van der Waals surface area contributed by atoms with Crippen molar-refractivity contribution in [2.24, 2.45) is 11.1 Å². The molecule has 0 aliphatic carbocycles. The van der Waals surface area contributed by atoms with Crippen LogP contribution in [0.2, 0.25) is 0 Å². The van der Waals surface area contributed by atoms with E-state index in [4.69, 9.17) is 5.73 Å². The molecule has 0 spiro atoms. The molecular formula is C12H19N5O. The Labute approximate surface area is 106 Å². The second-order valence-corrected chi connectivity index (χ2v) is 5.03. The number of hydrogen-bond acceptors (Lipinski definition) is 5. The third-order valence-corrected chi connectivity index (χ3v) is 3.42. The van der Waals surface area contributed by atoms with E-state index in [2.05, 4.69) is 27.5 Å². The minimum Gasteiger partial charge on any atom is -0.368 e. The van der Waals surface area contributed by atoms with Gasteiger partial charge in [-0.2, -0.15) is 0 Å². The lowest BCUT2D eigenvalue weighted by Gasteiger charge is -2.34. The first kappa shape index (κ1) is 12.8.